The smallest absolute Gasteiger partial charge is 0.160 e. The summed E-state index contributed by atoms with van der Waals surface area (Å²) in [7, 11) is 3.29. The Hall–Kier alpha value is -1.22. The minimum atomic E-state index is 0.202. The van der Waals surface area contributed by atoms with Crippen LogP contribution in [-0.2, 0) is 6.42 Å². The number of methoxy groups -OCH3 is 2. The van der Waals surface area contributed by atoms with E-state index >= 15 is 0 Å². The number of rotatable bonds is 5. The first kappa shape index (κ1) is 12.8. The zero-order valence-electron chi connectivity index (χ0n) is 10.5. The molecule has 0 amide bonds. The molecule has 0 aliphatic heterocycles. The fourth-order valence-electron chi connectivity index (χ4n) is 1.57. The van der Waals surface area contributed by atoms with Crippen LogP contribution in [0.2, 0.25) is 0 Å². The topological polar surface area (TPSA) is 44.5 Å². The van der Waals surface area contributed by atoms with Crippen molar-refractivity contribution >= 4 is 0 Å². The molecule has 3 nitrogen and oxygen atoms in total. The lowest BCUT2D eigenvalue weighted by atomic mass is 9.95. The van der Waals surface area contributed by atoms with Gasteiger partial charge in [-0.3, -0.25) is 0 Å². The molecule has 0 bridgehead atoms. The van der Waals surface area contributed by atoms with Crippen LogP contribution in [-0.4, -0.2) is 20.3 Å². The van der Waals surface area contributed by atoms with Crippen LogP contribution in [0.1, 0.15) is 19.4 Å². The van der Waals surface area contributed by atoms with Gasteiger partial charge in [-0.15, -0.1) is 0 Å². The first-order valence-corrected chi connectivity index (χ1v) is 5.55. The monoisotopic (exact) mass is 223 g/mol. The van der Waals surface area contributed by atoms with Crippen molar-refractivity contribution in [1.29, 1.82) is 0 Å². The molecule has 16 heavy (non-hydrogen) atoms. The van der Waals surface area contributed by atoms with E-state index in [0.717, 1.165) is 17.9 Å². The maximum atomic E-state index is 5.85. The van der Waals surface area contributed by atoms with E-state index in [1.165, 1.54) is 5.56 Å². The first-order chi connectivity index (χ1) is 7.58. The molecular formula is C13H21NO2. The molecule has 2 unspecified atom stereocenters. The van der Waals surface area contributed by atoms with Crippen LogP contribution in [0.5, 0.6) is 11.5 Å². The average Bonchev–Trinajstić information content (AvgIpc) is 2.28. The Morgan fingerprint density at radius 2 is 1.75 bits per heavy atom. The van der Waals surface area contributed by atoms with Crippen LogP contribution in [0.3, 0.4) is 0 Å². The maximum absolute atomic E-state index is 5.85. The molecule has 1 rings (SSSR count). The van der Waals surface area contributed by atoms with Crippen molar-refractivity contribution in [2.45, 2.75) is 26.3 Å². The Bertz CT molecular complexity index is 337. The Morgan fingerprint density at radius 1 is 1.12 bits per heavy atom. The summed E-state index contributed by atoms with van der Waals surface area (Å²) in [5.74, 6) is 2.00. The second-order valence-corrected chi connectivity index (χ2v) is 4.23. The lowest BCUT2D eigenvalue weighted by molar-refractivity contribution is 0.354. The van der Waals surface area contributed by atoms with Crippen molar-refractivity contribution in [3.63, 3.8) is 0 Å². The zero-order valence-corrected chi connectivity index (χ0v) is 10.5. The van der Waals surface area contributed by atoms with Crippen LogP contribution in [0.4, 0.5) is 0 Å². The first-order valence-electron chi connectivity index (χ1n) is 5.55. The Labute approximate surface area is 97.6 Å². The zero-order chi connectivity index (χ0) is 12.1. The summed E-state index contributed by atoms with van der Waals surface area (Å²) < 4.78 is 10.5. The van der Waals surface area contributed by atoms with Gasteiger partial charge in [-0.2, -0.15) is 0 Å². The summed E-state index contributed by atoms with van der Waals surface area (Å²) in [6.45, 7) is 4.19. The van der Waals surface area contributed by atoms with E-state index in [0.29, 0.717) is 5.92 Å². The molecule has 1 aromatic rings. The lowest BCUT2D eigenvalue weighted by Crippen LogP contribution is -2.25. The minimum Gasteiger partial charge on any atom is -0.493 e. The van der Waals surface area contributed by atoms with Crippen molar-refractivity contribution in [2.75, 3.05) is 14.2 Å². The summed E-state index contributed by atoms with van der Waals surface area (Å²) in [5.41, 5.74) is 7.08. The standard InChI is InChI=1S/C13H21NO2/c1-9(10(2)14)7-11-5-6-12(15-3)13(8-11)16-4/h5-6,8-10H,7,14H2,1-4H3. The minimum absolute atomic E-state index is 0.202. The lowest BCUT2D eigenvalue weighted by Gasteiger charge is -2.16. The third kappa shape index (κ3) is 3.14. The molecule has 0 spiro atoms. The van der Waals surface area contributed by atoms with E-state index in [9.17, 15) is 0 Å². The second kappa shape index (κ2) is 5.75. The van der Waals surface area contributed by atoms with E-state index in [-0.39, 0.29) is 6.04 Å². The van der Waals surface area contributed by atoms with Crippen molar-refractivity contribution in [3.05, 3.63) is 23.8 Å². The van der Waals surface area contributed by atoms with E-state index in [2.05, 4.69) is 13.0 Å². The molecule has 2 atom stereocenters. The van der Waals surface area contributed by atoms with E-state index in [1.807, 2.05) is 19.1 Å². The van der Waals surface area contributed by atoms with Crippen LogP contribution in [0.15, 0.2) is 18.2 Å². The third-order valence-corrected chi connectivity index (χ3v) is 2.90. The predicted molar refractivity (Wildman–Crippen MR) is 66.1 cm³/mol. The second-order valence-electron chi connectivity index (χ2n) is 4.23. The molecule has 0 saturated carbocycles. The normalized spacial score (nSPS) is 14.3. The van der Waals surface area contributed by atoms with Gasteiger partial charge in [0.25, 0.3) is 0 Å². The molecule has 0 aromatic heterocycles. The van der Waals surface area contributed by atoms with E-state index in [1.54, 1.807) is 14.2 Å². The van der Waals surface area contributed by atoms with Gasteiger partial charge < -0.3 is 15.2 Å². The molecule has 90 valence electrons. The van der Waals surface area contributed by atoms with Gasteiger partial charge in [0.1, 0.15) is 0 Å². The quantitative estimate of drug-likeness (QED) is 0.832. The van der Waals surface area contributed by atoms with Crippen molar-refractivity contribution in [1.82, 2.24) is 0 Å². The Morgan fingerprint density at radius 3 is 2.25 bits per heavy atom. The van der Waals surface area contributed by atoms with Gasteiger partial charge in [0.15, 0.2) is 11.5 Å². The highest BCUT2D eigenvalue weighted by atomic mass is 16.5. The number of nitrogens with two attached hydrogens (primary N) is 1. The van der Waals surface area contributed by atoms with E-state index < -0.39 is 0 Å². The molecule has 0 heterocycles. The highest BCUT2D eigenvalue weighted by Gasteiger charge is 2.10. The van der Waals surface area contributed by atoms with Gasteiger partial charge in [0.2, 0.25) is 0 Å². The summed E-state index contributed by atoms with van der Waals surface area (Å²) in [6, 6.07) is 6.20. The van der Waals surface area contributed by atoms with Crippen LogP contribution in [0, 0.1) is 5.92 Å². The number of ether oxygens (including phenoxy) is 2. The van der Waals surface area contributed by atoms with Gasteiger partial charge in [0, 0.05) is 6.04 Å². The van der Waals surface area contributed by atoms with Gasteiger partial charge >= 0.3 is 0 Å². The molecule has 0 radical (unpaired) electrons. The van der Waals surface area contributed by atoms with Gasteiger partial charge in [-0.05, 0) is 37.0 Å². The molecular weight excluding hydrogens is 202 g/mol. The molecule has 0 aliphatic rings. The third-order valence-electron chi connectivity index (χ3n) is 2.90. The Balaban J connectivity index is 2.82. The fraction of sp³-hybridized carbons (Fsp3) is 0.538. The van der Waals surface area contributed by atoms with Crippen LogP contribution in [0.25, 0.3) is 0 Å². The van der Waals surface area contributed by atoms with Crippen molar-refractivity contribution in [3.8, 4) is 11.5 Å². The molecule has 3 heteroatoms. The SMILES string of the molecule is COc1ccc(CC(C)C(C)N)cc1OC. The number of hydrogen-bond donors (Lipinski definition) is 1. The van der Waals surface area contributed by atoms with Gasteiger partial charge in [0.05, 0.1) is 14.2 Å². The summed E-state index contributed by atoms with van der Waals surface area (Å²) in [4.78, 5) is 0. The highest BCUT2D eigenvalue weighted by molar-refractivity contribution is 5.43. The van der Waals surface area contributed by atoms with Gasteiger partial charge in [-0.1, -0.05) is 13.0 Å². The fourth-order valence-corrected chi connectivity index (χ4v) is 1.57. The molecule has 2 N–H and O–H groups in total. The van der Waals surface area contributed by atoms with Crippen molar-refractivity contribution < 1.29 is 9.47 Å². The molecule has 1 aromatic carbocycles. The number of hydrogen-bond acceptors (Lipinski definition) is 3. The molecule has 0 fully saturated rings. The van der Waals surface area contributed by atoms with E-state index in [4.69, 9.17) is 15.2 Å². The Kier molecular flexibility index (Phi) is 4.62. The maximum Gasteiger partial charge on any atom is 0.160 e. The highest BCUT2D eigenvalue weighted by Crippen LogP contribution is 2.28. The summed E-state index contributed by atoms with van der Waals surface area (Å²) in [5, 5.41) is 0. The average molecular weight is 223 g/mol. The molecule has 0 saturated heterocycles. The van der Waals surface area contributed by atoms with Crippen molar-refractivity contribution in [2.24, 2.45) is 11.7 Å². The van der Waals surface area contributed by atoms with Gasteiger partial charge in [-0.25, -0.2) is 0 Å². The number of benzene rings is 1. The van der Waals surface area contributed by atoms with Crippen LogP contribution >= 0.6 is 0 Å². The summed E-state index contributed by atoms with van der Waals surface area (Å²) in [6.07, 6.45) is 0.956. The molecule has 0 aliphatic carbocycles. The summed E-state index contributed by atoms with van der Waals surface area (Å²) >= 11 is 0. The van der Waals surface area contributed by atoms with Crippen LogP contribution < -0.4 is 15.2 Å². The predicted octanol–water partition coefficient (Wildman–Crippen LogP) is 2.23. The largest absolute Gasteiger partial charge is 0.493 e.